The van der Waals surface area contributed by atoms with E-state index in [2.05, 4.69) is 24.1 Å². The molecule has 0 saturated heterocycles. The molecule has 0 aromatic carbocycles. The largest absolute Gasteiger partial charge is 0.315 e. The molecular weight excluding hydrogens is 208 g/mol. The summed E-state index contributed by atoms with van der Waals surface area (Å²) >= 11 is 6.01. The zero-order chi connectivity index (χ0) is 11.1. The van der Waals surface area contributed by atoms with Crippen LogP contribution in [0.4, 0.5) is 0 Å². The number of hydrogen-bond donors (Lipinski definition) is 1. The highest BCUT2D eigenvalue weighted by atomic mass is 35.5. The van der Waals surface area contributed by atoms with Gasteiger partial charge in [-0.05, 0) is 37.4 Å². The Kier molecular flexibility index (Phi) is 5.66. The summed E-state index contributed by atoms with van der Waals surface area (Å²) in [7, 11) is 0. The van der Waals surface area contributed by atoms with Gasteiger partial charge in [-0.3, -0.25) is 4.98 Å². The number of halogens is 1. The van der Waals surface area contributed by atoms with Crippen molar-refractivity contribution in [3.05, 3.63) is 29.0 Å². The van der Waals surface area contributed by atoms with Crippen LogP contribution in [0.3, 0.4) is 0 Å². The van der Waals surface area contributed by atoms with Gasteiger partial charge in [-0.1, -0.05) is 25.4 Å². The zero-order valence-electron chi connectivity index (χ0n) is 9.46. The van der Waals surface area contributed by atoms with Gasteiger partial charge in [0.2, 0.25) is 0 Å². The molecule has 0 aliphatic heterocycles. The Hall–Kier alpha value is -0.600. The van der Waals surface area contributed by atoms with E-state index < -0.39 is 0 Å². The third-order valence-electron chi connectivity index (χ3n) is 2.28. The number of rotatable bonds is 6. The maximum Gasteiger partial charge on any atom is 0.0621 e. The molecule has 0 unspecified atom stereocenters. The third kappa shape index (κ3) is 5.14. The SMILES string of the molecule is CC(C)NCCCCc1ccncc1Cl. The minimum absolute atomic E-state index is 0.578. The first-order chi connectivity index (χ1) is 7.20. The van der Waals surface area contributed by atoms with E-state index in [4.69, 9.17) is 11.6 Å². The number of nitrogens with zero attached hydrogens (tertiary/aromatic N) is 1. The molecule has 0 saturated carbocycles. The molecule has 1 aromatic heterocycles. The van der Waals surface area contributed by atoms with Crippen LogP contribution in [0.15, 0.2) is 18.5 Å². The average molecular weight is 227 g/mol. The lowest BCUT2D eigenvalue weighted by Crippen LogP contribution is -2.23. The number of hydrogen-bond acceptors (Lipinski definition) is 2. The van der Waals surface area contributed by atoms with Crippen molar-refractivity contribution in [1.29, 1.82) is 0 Å². The highest BCUT2D eigenvalue weighted by molar-refractivity contribution is 6.31. The second-order valence-electron chi connectivity index (χ2n) is 4.03. The van der Waals surface area contributed by atoms with Gasteiger partial charge in [0.05, 0.1) is 5.02 Å². The van der Waals surface area contributed by atoms with Gasteiger partial charge >= 0.3 is 0 Å². The quantitative estimate of drug-likeness (QED) is 0.755. The molecule has 3 heteroatoms. The lowest BCUT2D eigenvalue weighted by atomic mass is 10.1. The Bertz CT molecular complexity index is 287. The van der Waals surface area contributed by atoms with Gasteiger partial charge < -0.3 is 5.32 Å². The van der Waals surface area contributed by atoms with E-state index in [1.165, 1.54) is 18.4 Å². The summed E-state index contributed by atoms with van der Waals surface area (Å²) < 4.78 is 0. The number of aryl methyl sites for hydroxylation is 1. The number of aromatic nitrogens is 1. The van der Waals surface area contributed by atoms with Crippen molar-refractivity contribution in [2.24, 2.45) is 0 Å². The summed E-state index contributed by atoms with van der Waals surface area (Å²) in [6.45, 7) is 5.42. The molecule has 0 aliphatic rings. The summed E-state index contributed by atoms with van der Waals surface area (Å²) in [5.74, 6) is 0. The monoisotopic (exact) mass is 226 g/mol. The van der Waals surface area contributed by atoms with Crippen molar-refractivity contribution in [2.75, 3.05) is 6.54 Å². The van der Waals surface area contributed by atoms with Crippen molar-refractivity contribution in [3.8, 4) is 0 Å². The predicted octanol–water partition coefficient (Wildman–Crippen LogP) is 3.06. The van der Waals surface area contributed by atoms with Crippen molar-refractivity contribution < 1.29 is 0 Å². The predicted molar refractivity (Wildman–Crippen MR) is 65.3 cm³/mol. The molecular formula is C12H19ClN2. The maximum absolute atomic E-state index is 6.01. The Labute approximate surface area is 97.1 Å². The molecule has 1 aromatic rings. The van der Waals surface area contributed by atoms with Crippen molar-refractivity contribution in [2.45, 2.75) is 39.2 Å². The lowest BCUT2D eigenvalue weighted by molar-refractivity contribution is 0.557. The van der Waals surface area contributed by atoms with Crippen molar-refractivity contribution >= 4 is 11.6 Å². The van der Waals surface area contributed by atoms with E-state index in [1.807, 2.05) is 6.07 Å². The van der Waals surface area contributed by atoms with Crippen molar-refractivity contribution in [3.63, 3.8) is 0 Å². The molecule has 1 N–H and O–H groups in total. The van der Waals surface area contributed by atoms with Gasteiger partial charge in [0.1, 0.15) is 0 Å². The van der Waals surface area contributed by atoms with Gasteiger partial charge in [0, 0.05) is 18.4 Å². The Morgan fingerprint density at radius 3 is 2.87 bits per heavy atom. The normalized spacial score (nSPS) is 10.9. The highest BCUT2D eigenvalue weighted by Gasteiger charge is 1.99. The fourth-order valence-electron chi connectivity index (χ4n) is 1.44. The average Bonchev–Trinajstić information content (AvgIpc) is 2.20. The number of nitrogens with one attached hydrogen (secondary N) is 1. The zero-order valence-corrected chi connectivity index (χ0v) is 10.2. The topological polar surface area (TPSA) is 24.9 Å². The van der Waals surface area contributed by atoms with Crippen LogP contribution in [0, 0.1) is 0 Å². The fourth-order valence-corrected chi connectivity index (χ4v) is 1.65. The number of pyridine rings is 1. The van der Waals surface area contributed by atoms with Crippen LogP contribution in [0.1, 0.15) is 32.3 Å². The summed E-state index contributed by atoms with van der Waals surface area (Å²) in [5.41, 5.74) is 1.20. The smallest absolute Gasteiger partial charge is 0.0621 e. The molecule has 2 nitrogen and oxygen atoms in total. The minimum Gasteiger partial charge on any atom is -0.315 e. The Morgan fingerprint density at radius 2 is 2.20 bits per heavy atom. The number of unbranched alkanes of at least 4 members (excludes halogenated alkanes) is 1. The second-order valence-corrected chi connectivity index (χ2v) is 4.44. The lowest BCUT2D eigenvalue weighted by Gasteiger charge is -2.07. The van der Waals surface area contributed by atoms with E-state index in [0.717, 1.165) is 18.0 Å². The molecule has 0 amide bonds. The van der Waals surface area contributed by atoms with Gasteiger partial charge in [-0.2, -0.15) is 0 Å². The van der Waals surface area contributed by atoms with Crippen molar-refractivity contribution in [1.82, 2.24) is 10.3 Å². The second kappa shape index (κ2) is 6.81. The molecule has 1 heterocycles. The molecule has 0 bridgehead atoms. The summed E-state index contributed by atoms with van der Waals surface area (Å²) in [6, 6.07) is 2.58. The van der Waals surface area contributed by atoms with Gasteiger partial charge in [-0.25, -0.2) is 0 Å². The first-order valence-corrected chi connectivity index (χ1v) is 5.89. The molecule has 0 aliphatic carbocycles. The summed E-state index contributed by atoms with van der Waals surface area (Å²) in [5, 5.41) is 4.19. The molecule has 0 spiro atoms. The van der Waals surface area contributed by atoms with Crippen LogP contribution in [0.25, 0.3) is 0 Å². The maximum atomic E-state index is 6.01. The Morgan fingerprint density at radius 1 is 1.40 bits per heavy atom. The minimum atomic E-state index is 0.578. The molecule has 0 radical (unpaired) electrons. The van der Waals surface area contributed by atoms with Gasteiger partial charge in [0.25, 0.3) is 0 Å². The molecule has 1 rings (SSSR count). The fraction of sp³-hybridized carbons (Fsp3) is 0.583. The van der Waals surface area contributed by atoms with E-state index in [1.54, 1.807) is 12.4 Å². The molecule has 0 atom stereocenters. The first kappa shape index (κ1) is 12.5. The third-order valence-corrected chi connectivity index (χ3v) is 2.62. The molecule has 0 fully saturated rings. The Balaban J connectivity index is 2.18. The van der Waals surface area contributed by atoms with E-state index >= 15 is 0 Å². The van der Waals surface area contributed by atoms with Crippen LogP contribution in [-0.4, -0.2) is 17.6 Å². The summed E-state index contributed by atoms with van der Waals surface area (Å²) in [4.78, 5) is 3.97. The van der Waals surface area contributed by atoms with E-state index in [-0.39, 0.29) is 0 Å². The standard InChI is InChI=1S/C12H19ClN2/c1-10(2)15-7-4-3-5-11-6-8-14-9-12(11)13/h6,8-10,15H,3-5,7H2,1-2H3. The van der Waals surface area contributed by atoms with E-state index in [0.29, 0.717) is 6.04 Å². The van der Waals surface area contributed by atoms with Crippen LogP contribution in [0.5, 0.6) is 0 Å². The van der Waals surface area contributed by atoms with Crippen LogP contribution >= 0.6 is 11.6 Å². The van der Waals surface area contributed by atoms with Crippen LogP contribution < -0.4 is 5.32 Å². The molecule has 84 valence electrons. The van der Waals surface area contributed by atoms with Crippen LogP contribution in [-0.2, 0) is 6.42 Å². The first-order valence-electron chi connectivity index (χ1n) is 5.52. The molecule has 15 heavy (non-hydrogen) atoms. The van der Waals surface area contributed by atoms with Gasteiger partial charge in [-0.15, -0.1) is 0 Å². The summed E-state index contributed by atoms with van der Waals surface area (Å²) in [6.07, 6.45) is 6.91. The van der Waals surface area contributed by atoms with Crippen LogP contribution in [0.2, 0.25) is 5.02 Å². The van der Waals surface area contributed by atoms with Gasteiger partial charge in [0.15, 0.2) is 0 Å². The van der Waals surface area contributed by atoms with E-state index in [9.17, 15) is 0 Å². The highest BCUT2D eigenvalue weighted by Crippen LogP contribution is 2.15.